The van der Waals surface area contributed by atoms with E-state index in [9.17, 15) is 9.59 Å². The highest BCUT2D eigenvalue weighted by Gasteiger charge is 2.69. The van der Waals surface area contributed by atoms with E-state index < -0.39 is 21.8 Å². The lowest BCUT2D eigenvalue weighted by Gasteiger charge is -2.17. The van der Waals surface area contributed by atoms with Crippen molar-refractivity contribution in [2.75, 3.05) is 7.11 Å². The molecule has 0 unspecified atom stereocenters. The number of hydrogen-bond donors (Lipinski definition) is 1. The Morgan fingerprint density at radius 3 is 2.35 bits per heavy atom. The molecule has 0 heterocycles. The van der Waals surface area contributed by atoms with Gasteiger partial charge in [-0.1, -0.05) is 12.1 Å². The number of amides is 1. The third kappa shape index (κ3) is 3.90. The van der Waals surface area contributed by atoms with E-state index in [2.05, 4.69) is 5.32 Å². The average Bonchev–Trinajstić information content (AvgIpc) is 3.05. The highest BCUT2D eigenvalue weighted by molar-refractivity contribution is 6.53. The van der Waals surface area contributed by atoms with Crippen molar-refractivity contribution in [3.05, 3.63) is 29.8 Å². The van der Waals surface area contributed by atoms with Crippen LogP contribution in [0.3, 0.4) is 0 Å². The fraction of sp³-hybridized carbons (Fsp3) is 0.500. The van der Waals surface area contributed by atoms with Crippen LogP contribution in [0.1, 0.15) is 25.8 Å². The highest BCUT2D eigenvalue weighted by atomic mass is 35.5. The molecule has 23 heavy (non-hydrogen) atoms. The molecule has 1 fully saturated rings. The van der Waals surface area contributed by atoms with Gasteiger partial charge >= 0.3 is 5.97 Å². The van der Waals surface area contributed by atoms with Crippen molar-refractivity contribution in [2.45, 2.75) is 37.3 Å². The molecule has 1 saturated carbocycles. The molecular weight excluding hydrogens is 341 g/mol. The van der Waals surface area contributed by atoms with E-state index in [1.165, 1.54) is 6.92 Å². The molecule has 1 aromatic carbocycles. The van der Waals surface area contributed by atoms with Gasteiger partial charge in [0.1, 0.15) is 15.5 Å². The molecule has 126 valence electrons. The Morgan fingerprint density at radius 1 is 1.30 bits per heavy atom. The molecular formula is C16H19Cl2NO4. The molecule has 2 atom stereocenters. The largest absolute Gasteiger partial charge is 0.497 e. The number of benzene rings is 1. The van der Waals surface area contributed by atoms with Crippen LogP contribution in [0.2, 0.25) is 0 Å². The normalized spacial score (nSPS) is 22.8. The Hall–Kier alpha value is -1.46. The van der Waals surface area contributed by atoms with E-state index in [4.69, 9.17) is 32.7 Å². The second kappa shape index (κ2) is 6.57. The minimum Gasteiger partial charge on any atom is -0.497 e. The van der Waals surface area contributed by atoms with E-state index in [1.54, 1.807) is 26.2 Å². The number of halogens is 2. The van der Waals surface area contributed by atoms with Crippen molar-refractivity contribution in [2.24, 2.45) is 5.41 Å². The lowest BCUT2D eigenvalue weighted by molar-refractivity contribution is -0.159. The first-order chi connectivity index (χ1) is 10.7. The summed E-state index contributed by atoms with van der Waals surface area (Å²) in [5.41, 5.74) is -0.0342. The monoisotopic (exact) mass is 359 g/mol. The third-order valence-corrected chi connectivity index (χ3v) is 5.09. The van der Waals surface area contributed by atoms with Gasteiger partial charge in [0.05, 0.1) is 7.11 Å². The second-order valence-electron chi connectivity index (χ2n) is 5.83. The number of methoxy groups -OCH3 is 1. The molecule has 1 aliphatic rings. The lowest BCUT2D eigenvalue weighted by atomic mass is 10.1. The van der Waals surface area contributed by atoms with Gasteiger partial charge in [-0.15, -0.1) is 23.2 Å². The number of carbonyl (C=O) groups is 2. The topological polar surface area (TPSA) is 64.6 Å². The first-order valence-electron chi connectivity index (χ1n) is 7.19. The summed E-state index contributed by atoms with van der Waals surface area (Å²) in [4.78, 5) is 24.0. The minimum absolute atomic E-state index is 0.322. The van der Waals surface area contributed by atoms with Gasteiger partial charge in [-0.05, 0) is 31.5 Å². The van der Waals surface area contributed by atoms with Gasteiger partial charge in [0, 0.05) is 13.0 Å². The summed E-state index contributed by atoms with van der Waals surface area (Å²) >= 11 is 11.9. The van der Waals surface area contributed by atoms with Crippen molar-refractivity contribution in [3.8, 4) is 5.75 Å². The van der Waals surface area contributed by atoms with Crippen LogP contribution < -0.4 is 10.1 Å². The minimum atomic E-state index is -1.11. The smallest absolute Gasteiger partial charge is 0.315 e. The zero-order valence-electron chi connectivity index (χ0n) is 13.2. The number of hydrogen-bond acceptors (Lipinski definition) is 4. The molecule has 5 nitrogen and oxygen atoms in total. The van der Waals surface area contributed by atoms with Crippen molar-refractivity contribution < 1.29 is 19.1 Å². The Bertz CT molecular complexity index is 603. The van der Waals surface area contributed by atoms with Gasteiger partial charge in [0.2, 0.25) is 0 Å². The van der Waals surface area contributed by atoms with E-state index in [-0.39, 0.29) is 5.91 Å². The summed E-state index contributed by atoms with van der Waals surface area (Å²) in [6.45, 7) is 3.46. The fourth-order valence-corrected chi connectivity index (χ4v) is 2.73. The first-order valence-corrected chi connectivity index (χ1v) is 7.95. The van der Waals surface area contributed by atoms with Gasteiger partial charge in [-0.25, -0.2) is 0 Å². The van der Waals surface area contributed by atoms with Crippen LogP contribution in [0.4, 0.5) is 0 Å². The number of esters is 1. The van der Waals surface area contributed by atoms with Crippen molar-refractivity contribution in [3.63, 3.8) is 0 Å². The van der Waals surface area contributed by atoms with Crippen LogP contribution in [0.5, 0.6) is 5.75 Å². The summed E-state index contributed by atoms with van der Waals surface area (Å²) in [6, 6.07) is 7.30. The molecule has 0 aliphatic heterocycles. The van der Waals surface area contributed by atoms with Crippen LogP contribution in [0.15, 0.2) is 24.3 Å². The molecule has 1 amide bonds. The zero-order chi connectivity index (χ0) is 17.3. The number of ether oxygens (including phenoxy) is 2. The fourth-order valence-electron chi connectivity index (χ4n) is 2.04. The third-order valence-electron chi connectivity index (χ3n) is 3.99. The number of rotatable bonds is 6. The molecule has 0 spiro atoms. The summed E-state index contributed by atoms with van der Waals surface area (Å²) < 4.78 is 9.12. The lowest BCUT2D eigenvalue weighted by Crippen LogP contribution is -2.37. The van der Waals surface area contributed by atoms with Crippen LogP contribution >= 0.6 is 23.2 Å². The second-order valence-corrected chi connectivity index (χ2v) is 7.31. The standard InChI is InChI=1S/C16H19Cl2NO4/c1-10(23-14(21)15(2)9-16(15,17)18)13(20)19-8-11-4-6-12(22-3)7-5-11/h4-7,10H,8-9H2,1-3H3,(H,19,20)/t10-,15+/m1/s1. The number of alkyl halides is 2. The molecule has 0 bridgehead atoms. The number of nitrogens with one attached hydrogen (secondary N) is 1. The van der Waals surface area contributed by atoms with Gasteiger partial charge in [-0.3, -0.25) is 9.59 Å². The molecule has 1 aliphatic carbocycles. The van der Waals surface area contributed by atoms with Crippen LogP contribution in [0.25, 0.3) is 0 Å². The Morgan fingerprint density at radius 2 is 1.87 bits per heavy atom. The quantitative estimate of drug-likeness (QED) is 0.626. The Labute approximate surface area is 145 Å². The predicted molar refractivity (Wildman–Crippen MR) is 87.6 cm³/mol. The zero-order valence-corrected chi connectivity index (χ0v) is 14.7. The Kier molecular flexibility index (Phi) is 5.11. The molecule has 2 rings (SSSR count). The van der Waals surface area contributed by atoms with Crippen LogP contribution in [0, 0.1) is 5.41 Å². The molecule has 0 aromatic heterocycles. The highest BCUT2D eigenvalue weighted by Crippen LogP contribution is 2.64. The molecule has 0 radical (unpaired) electrons. The Balaban J connectivity index is 1.82. The van der Waals surface area contributed by atoms with Gasteiger partial charge in [0.25, 0.3) is 5.91 Å². The summed E-state index contributed by atoms with van der Waals surface area (Å²) in [7, 11) is 1.59. The first kappa shape index (κ1) is 17.9. The molecule has 1 aromatic rings. The predicted octanol–water partition coefficient (Wildman–Crippen LogP) is 2.83. The van der Waals surface area contributed by atoms with Gasteiger partial charge in [-0.2, -0.15) is 0 Å². The van der Waals surface area contributed by atoms with Crippen molar-refractivity contribution in [1.29, 1.82) is 0 Å². The van der Waals surface area contributed by atoms with E-state index >= 15 is 0 Å². The van der Waals surface area contributed by atoms with Crippen LogP contribution in [-0.2, 0) is 20.9 Å². The molecule has 0 saturated heterocycles. The van der Waals surface area contributed by atoms with Crippen molar-refractivity contribution in [1.82, 2.24) is 5.32 Å². The summed E-state index contributed by atoms with van der Waals surface area (Å²) in [5, 5.41) is 2.71. The van der Waals surface area contributed by atoms with E-state index in [0.717, 1.165) is 11.3 Å². The van der Waals surface area contributed by atoms with Gasteiger partial charge < -0.3 is 14.8 Å². The van der Waals surface area contributed by atoms with Crippen molar-refractivity contribution >= 4 is 35.1 Å². The average molecular weight is 360 g/mol. The maximum absolute atomic E-state index is 12.0. The summed E-state index contributed by atoms with van der Waals surface area (Å²) in [6.07, 6.45) is -0.593. The van der Waals surface area contributed by atoms with E-state index in [1.807, 2.05) is 12.1 Å². The molecule has 7 heteroatoms. The SMILES string of the molecule is COc1ccc(CNC(=O)[C@@H](C)OC(=O)[C@]2(C)CC2(Cl)Cl)cc1. The number of carbonyl (C=O) groups excluding carboxylic acids is 2. The maximum Gasteiger partial charge on any atom is 0.315 e. The maximum atomic E-state index is 12.0. The van der Waals surface area contributed by atoms with Gasteiger partial charge in [0.15, 0.2) is 6.10 Å². The van der Waals surface area contributed by atoms with Crippen LogP contribution in [-0.4, -0.2) is 29.4 Å². The molecule has 1 N–H and O–H groups in total. The van der Waals surface area contributed by atoms with E-state index in [0.29, 0.717) is 13.0 Å². The summed E-state index contributed by atoms with van der Waals surface area (Å²) in [5.74, 6) is -0.201.